The Balaban J connectivity index is 1.82. The van der Waals surface area contributed by atoms with Gasteiger partial charge in [0.2, 0.25) is 5.56 Å². The summed E-state index contributed by atoms with van der Waals surface area (Å²) in [6.45, 7) is 4.67. The number of fused-ring (bicyclic) bond motifs is 1. The highest BCUT2D eigenvalue weighted by Gasteiger charge is 2.20. The van der Waals surface area contributed by atoms with E-state index in [1.54, 1.807) is 11.0 Å². The lowest BCUT2D eigenvalue weighted by Gasteiger charge is -2.30. The molecule has 1 aromatic heterocycles. The first-order valence-electron chi connectivity index (χ1n) is 8.77. The van der Waals surface area contributed by atoms with Gasteiger partial charge in [0.15, 0.2) is 0 Å². The average molecular weight is 354 g/mol. The molecular weight excluding hydrogens is 332 g/mol. The van der Waals surface area contributed by atoms with Crippen molar-refractivity contribution in [3.63, 3.8) is 0 Å². The molecule has 7 heteroatoms. The molecule has 0 atom stereocenters. The van der Waals surface area contributed by atoms with Gasteiger partial charge in [-0.3, -0.25) is 14.5 Å². The minimum Gasteiger partial charge on any atom is -0.379 e. The van der Waals surface area contributed by atoms with Crippen LogP contribution in [0.4, 0.5) is 0 Å². The molecule has 3 rings (SSSR count). The first-order valence-corrected chi connectivity index (χ1v) is 8.77. The summed E-state index contributed by atoms with van der Waals surface area (Å²) >= 11 is 0. The Hall–Kier alpha value is -2.69. The van der Waals surface area contributed by atoms with E-state index in [9.17, 15) is 9.59 Å². The lowest BCUT2D eigenvalue weighted by molar-refractivity contribution is 0.0326. The topological polar surface area (TPSA) is 89.4 Å². The SMILES string of the molecule is N#CCCN(CCN1CCOCC1)C(=O)c1cc(=O)[nH]c2ccccc12. The minimum atomic E-state index is -0.305. The van der Waals surface area contributed by atoms with E-state index < -0.39 is 0 Å². The number of para-hydroxylation sites is 1. The number of hydrogen-bond donors (Lipinski definition) is 1. The largest absolute Gasteiger partial charge is 0.379 e. The van der Waals surface area contributed by atoms with Crippen LogP contribution in [0, 0.1) is 11.3 Å². The van der Waals surface area contributed by atoms with Gasteiger partial charge in [-0.25, -0.2) is 0 Å². The standard InChI is InChI=1S/C19H22N4O3/c20-6-3-7-23(9-8-22-10-12-26-13-11-22)19(25)16-14-18(24)21-17-5-2-1-4-15(16)17/h1-2,4-5,14H,3,7-13H2,(H,21,24). The first-order chi connectivity index (χ1) is 12.7. The van der Waals surface area contributed by atoms with E-state index in [2.05, 4.69) is 16.0 Å². The second kappa shape index (κ2) is 8.61. The first kappa shape index (κ1) is 18.1. The van der Waals surface area contributed by atoms with Crippen LogP contribution in [-0.4, -0.2) is 66.6 Å². The van der Waals surface area contributed by atoms with Crippen molar-refractivity contribution in [2.75, 3.05) is 45.9 Å². The molecule has 0 radical (unpaired) electrons. The van der Waals surface area contributed by atoms with Crippen molar-refractivity contribution in [1.29, 1.82) is 5.26 Å². The Morgan fingerprint density at radius 2 is 2.04 bits per heavy atom. The Kier molecular flexibility index (Phi) is 6.00. The van der Waals surface area contributed by atoms with Gasteiger partial charge in [-0.05, 0) is 6.07 Å². The number of aromatic nitrogens is 1. The van der Waals surface area contributed by atoms with Gasteiger partial charge in [-0.1, -0.05) is 18.2 Å². The third-order valence-electron chi connectivity index (χ3n) is 4.55. The normalized spacial score (nSPS) is 14.9. The summed E-state index contributed by atoms with van der Waals surface area (Å²) in [6, 6.07) is 10.7. The summed E-state index contributed by atoms with van der Waals surface area (Å²) < 4.78 is 5.35. The molecule has 1 amide bonds. The number of pyridine rings is 1. The lowest BCUT2D eigenvalue weighted by Crippen LogP contribution is -2.43. The number of carbonyl (C=O) groups excluding carboxylic acids is 1. The highest BCUT2D eigenvalue weighted by Crippen LogP contribution is 2.17. The fraction of sp³-hybridized carbons (Fsp3) is 0.421. The average Bonchev–Trinajstić information content (AvgIpc) is 2.67. The molecule has 1 fully saturated rings. The number of H-pyrrole nitrogens is 1. The third-order valence-corrected chi connectivity index (χ3v) is 4.55. The van der Waals surface area contributed by atoms with Gasteiger partial charge in [0.25, 0.3) is 5.91 Å². The molecule has 1 aliphatic heterocycles. The molecule has 0 bridgehead atoms. The van der Waals surface area contributed by atoms with E-state index in [-0.39, 0.29) is 17.9 Å². The maximum atomic E-state index is 13.1. The second-order valence-corrected chi connectivity index (χ2v) is 6.25. The fourth-order valence-corrected chi connectivity index (χ4v) is 3.14. The predicted molar refractivity (Wildman–Crippen MR) is 98.0 cm³/mol. The number of nitrogens with one attached hydrogen (secondary N) is 1. The van der Waals surface area contributed by atoms with Crippen molar-refractivity contribution in [1.82, 2.24) is 14.8 Å². The number of benzene rings is 1. The Morgan fingerprint density at radius 1 is 1.27 bits per heavy atom. The molecule has 1 N–H and O–H groups in total. The molecule has 0 aliphatic carbocycles. The highest BCUT2D eigenvalue weighted by molar-refractivity contribution is 6.05. The van der Waals surface area contributed by atoms with E-state index in [4.69, 9.17) is 10.00 Å². The van der Waals surface area contributed by atoms with E-state index in [0.717, 1.165) is 19.6 Å². The molecule has 1 aliphatic rings. The summed E-state index contributed by atoms with van der Waals surface area (Å²) in [6.07, 6.45) is 0.260. The van der Waals surface area contributed by atoms with Crippen molar-refractivity contribution in [2.24, 2.45) is 0 Å². The number of carbonyl (C=O) groups is 1. The van der Waals surface area contributed by atoms with E-state index in [1.165, 1.54) is 6.07 Å². The lowest BCUT2D eigenvalue weighted by atomic mass is 10.1. The highest BCUT2D eigenvalue weighted by atomic mass is 16.5. The zero-order chi connectivity index (χ0) is 18.4. The quantitative estimate of drug-likeness (QED) is 0.842. The molecule has 2 aromatic rings. The van der Waals surface area contributed by atoms with Crippen molar-refractivity contribution >= 4 is 16.8 Å². The van der Waals surface area contributed by atoms with Crippen molar-refractivity contribution in [3.8, 4) is 6.07 Å². The van der Waals surface area contributed by atoms with Crippen LogP contribution in [0.5, 0.6) is 0 Å². The molecule has 26 heavy (non-hydrogen) atoms. The zero-order valence-corrected chi connectivity index (χ0v) is 14.6. The number of nitrogens with zero attached hydrogens (tertiary/aromatic N) is 3. The molecular formula is C19H22N4O3. The summed E-state index contributed by atoms with van der Waals surface area (Å²) in [5.41, 5.74) is 0.710. The van der Waals surface area contributed by atoms with Crippen molar-refractivity contribution < 1.29 is 9.53 Å². The van der Waals surface area contributed by atoms with E-state index in [1.807, 2.05) is 18.2 Å². The van der Waals surface area contributed by atoms with Crippen LogP contribution in [0.2, 0.25) is 0 Å². The number of aromatic amines is 1. The van der Waals surface area contributed by atoms with Crippen LogP contribution in [-0.2, 0) is 4.74 Å². The van der Waals surface area contributed by atoms with Gasteiger partial charge in [-0.2, -0.15) is 5.26 Å². The number of nitriles is 1. The van der Waals surface area contributed by atoms with Crippen LogP contribution in [0.3, 0.4) is 0 Å². The molecule has 7 nitrogen and oxygen atoms in total. The fourth-order valence-electron chi connectivity index (χ4n) is 3.14. The summed E-state index contributed by atoms with van der Waals surface area (Å²) in [5.74, 6) is -0.212. The maximum absolute atomic E-state index is 13.1. The molecule has 136 valence electrons. The molecule has 0 unspecified atom stereocenters. The minimum absolute atomic E-state index is 0.212. The number of morpholine rings is 1. The van der Waals surface area contributed by atoms with Gasteiger partial charge in [0.1, 0.15) is 0 Å². The number of hydrogen-bond acceptors (Lipinski definition) is 5. The van der Waals surface area contributed by atoms with Crippen LogP contribution in [0.15, 0.2) is 35.1 Å². The smallest absolute Gasteiger partial charge is 0.254 e. The van der Waals surface area contributed by atoms with E-state index >= 15 is 0 Å². The van der Waals surface area contributed by atoms with Gasteiger partial charge >= 0.3 is 0 Å². The number of ether oxygens (including phenoxy) is 1. The van der Waals surface area contributed by atoms with Crippen molar-refractivity contribution in [2.45, 2.75) is 6.42 Å². The number of amides is 1. The Morgan fingerprint density at radius 3 is 2.81 bits per heavy atom. The molecule has 1 saturated heterocycles. The monoisotopic (exact) mass is 354 g/mol. The van der Waals surface area contributed by atoms with Crippen LogP contribution < -0.4 is 5.56 Å². The van der Waals surface area contributed by atoms with Crippen LogP contribution in [0.1, 0.15) is 16.8 Å². The second-order valence-electron chi connectivity index (χ2n) is 6.25. The van der Waals surface area contributed by atoms with Crippen LogP contribution >= 0.6 is 0 Å². The van der Waals surface area contributed by atoms with E-state index in [0.29, 0.717) is 42.8 Å². The summed E-state index contributed by atoms with van der Waals surface area (Å²) in [5, 5.41) is 9.64. The van der Waals surface area contributed by atoms with Gasteiger partial charge < -0.3 is 14.6 Å². The Labute approximate surface area is 151 Å². The summed E-state index contributed by atoms with van der Waals surface area (Å²) in [7, 11) is 0. The van der Waals surface area contributed by atoms with Crippen molar-refractivity contribution in [3.05, 3.63) is 46.2 Å². The molecule has 2 heterocycles. The Bertz CT molecular complexity index is 865. The van der Waals surface area contributed by atoms with Gasteiger partial charge in [0.05, 0.1) is 31.3 Å². The van der Waals surface area contributed by atoms with Crippen LogP contribution in [0.25, 0.3) is 10.9 Å². The molecule has 1 aromatic carbocycles. The van der Waals surface area contributed by atoms with Gasteiger partial charge in [-0.15, -0.1) is 0 Å². The maximum Gasteiger partial charge on any atom is 0.254 e. The third kappa shape index (κ3) is 4.28. The summed E-state index contributed by atoms with van der Waals surface area (Å²) in [4.78, 5) is 31.7. The predicted octanol–water partition coefficient (Wildman–Crippen LogP) is 1.22. The molecule has 0 spiro atoms. The molecule has 0 saturated carbocycles. The zero-order valence-electron chi connectivity index (χ0n) is 14.6. The number of rotatable bonds is 6. The van der Waals surface area contributed by atoms with Gasteiger partial charge in [0, 0.05) is 49.7 Å².